The van der Waals surface area contributed by atoms with E-state index in [9.17, 15) is 14.4 Å². The largest absolute Gasteiger partial charge is 0.497 e. The molecule has 160 valence electrons. The van der Waals surface area contributed by atoms with Gasteiger partial charge in [0, 0.05) is 35.8 Å². The number of carbonyl (C=O) groups is 3. The van der Waals surface area contributed by atoms with Crippen LogP contribution >= 0.6 is 0 Å². The second-order valence-electron chi connectivity index (χ2n) is 7.46. The molecule has 4 rings (SSSR count). The zero-order chi connectivity index (χ0) is 21.8. The molecule has 0 bridgehead atoms. The molecule has 1 aromatic heterocycles. The summed E-state index contributed by atoms with van der Waals surface area (Å²) in [5.41, 5.74) is 2.69. The molecular formula is C23H24N4O4. The Morgan fingerprint density at radius 3 is 2.71 bits per heavy atom. The number of aromatic amines is 1. The first-order chi connectivity index (χ1) is 15.0. The fourth-order valence-electron chi connectivity index (χ4n) is 3.65. The number of methoxy groups -OCH3 is 1. The predicted octanol–water partition coefficient (Wildman–Crippen LogP) is 3.06. The fourth-order valence-corrected chi connectivity index (χ4v) is 3.65. The third kappa shape index (κ3) is 4.69. The molecule has 0 spiro atoms. The van der Waals surface area contributed by atoms with Gasteiger partial charge in [0.15, 0.2) is 0 Å². The number of amides is 4. The van der Waals surface area contributed by atoms with Gasteiger partial charge in [0.1, 0.15) is 11.8 Å². The highest BCUT2D eigenvalue weighted by Gasteiger charge is 2.37. The molecule has 1 atom stereocenters. The van der Waals surface area contributed by atoms with E-state index in [1.54, 1.807) is 7.11 Å². The van der Waals surface area contributed by atoms with Crippen molar-refractivity contribution in [3.63, 3.8) is 0 Å². The molecule has 8 heteroatoms. The molecule has 3 N–H and O–H groups in total. The minimum atomic E-state index is -0.679. The molecule has 3 aromatic rings. The van der Waals surface area contributed by atoms with Crippen LogP contribution in [0.3, 0.4) is 0 Å². The molecule has 4 amide bonds. The van der Waals surface area contributed by atoms with Crippen LogP contribution in [0.15, 0.2) is 54.7 Å². The van der Waals surface area contributed by atoms with Gasteiger partial charge in [-0.1, -0.05) is 12.1 Å². The lowest BCUT2D eigenvalue weighted by Gasteiger charge is -2.13. The number of imide groups is 1. The lowest BCUT2D eigenvalue weighted by molar-refractivity contribution is -0.127. The molecule has 1 unspecified atom stereocenters. The van der Waals surface area contributed by atoms with Gasteiger partial charge in [-0.25, -0.2) is 4.79 Å². The summed E-state index contributed by atoms with van der Waals surface area (Å²) >= 11 is 0. The van der Waals surface area contributed by atoms with Crippen molar-refractivity contribution >= 4 is 34.4 Å². The predicted molar refractivity (Wildman–Crippen MR) is 117 cm³/mol. The maximum absolute atomic E-state index is 12.6. The second-order valence-corrected chi connectivity index (χ2v) is 7.46. The Kier molecular flexibility index (Phi) is 5.88. The quantitative estimate of drug-likeness (QED) is 0.487. The first kappa shape index (κ1) is 20.5. The smallest absolute Gasteiger partial charge is 0.324 e. The van der Waals surface area contributed by atoms with Crippen LogP contribution in [-0.4, -0.2) is 47.4 Å². The van der Waals surface area contributed by atoms with E-state index in [4.69, 9.17) is 4.74 Å². The van der Waals surface area contributed by atoms with Crippen LogP contribution in [0.5, 0.6) is 5.75 Å². The number of hydrogen-bond donors (Lipinski definition) is 3. The van der Waals surface area contributed by atoms with Gasteiger partial charge in [-0.3, -0.25) is 14.5 Å². The van der Waals surface area contributed by atoms with E-state index in [2.05, 4.69) is 15.6 Å². The SMILES string of the molecule is COc1ccc(CCN2C(=O)NC(CCC(=O)Nc3ccc4[nH]ccc4c3)C2=O)cc1. The average Bonchev–Trinajstić information content (AvgIpc) is 3.35. The molecule has 1 aliphatic heterocycles. The summed E-state index contributed by atoms with van der Waals surface area (Å²) < 4.78 is 5.13. The maximum atomic E-state index is 12.6. The Morgan fingerprint density at radius 1 is 1.13 bits per heavy atom. The van der Waals surface area contributed by atoms with Crippen molar-refractivity contribution in [2.24, 2.45) is 0 Å². The summed E-state index contributed by atoms with van der Waals surface area (Å²) in [6.07, 6.45) is 2.78. The molecule has 31 heavy (non-hydrogen) atoms. The van der Waals surface area contributed by atoms with Crippen molar-refractivity contribution in [3.8, 4) is 5.75 Å². The van der Waals surface area contributed by atoms with Crippen molar-refractivity contribution < 1.29 is 19.1 Å². The molecule has 0 radical (unpaired) electrons. The van der Waals surface area contributed by atoms with E-state index < -0.39 is 12.1 Å². The van der Waals surface area contributed by atoms with Crippen LogP contribution in [0.4, 0.5) is 10.5 Å². The maximum Gasteiger partial charge on any atom is 0.324 e. The number of hydrogen-bond acceptors (Lipinski definition) is 4. The second kappa shape index (κ2) is 8.91. The monoisotopic (exact) mass is 420 g/mol. The van der Waals surface area contributed by atoms with Crippen LogP contribution < -0.4 is 15.4 Å². The highest BCUT2D eigenvalue weighted by atomic mass is 16.5. The molecular weight excluding hydrogens is 396 g/mol. The van der Waals surface area contributed by atoms with Gasteiger partial charge < -0.3 is 20.4 Å². The lowest BCUT2D eigenvalue weighted by Crippen LogP contribution is -2.33. The number of nitrogens with one attached hydrogen (secondary N) is 3. The van der Waals surface area contributed by atoms with E-state index in [1.165, 1.54) is 4.90 Å². The number of urea groups is 1. The van der Waals surface area contributed by atoms with E-state index in [0.29, 0.717) is 12.1 Å². The summed E-state index contributed by atoms with van der Waals surface area (Å²) in [6.45, 7) is 0.288. The summed E-state index contributed by atoms with van der Waals surface area (Å²) in [5.74, 6) is 0.263. The number of carbonyl (C=O) groups excluding carboxylic acids is 3. The number of nitrogens with zero attached hydrogens (tertiary/aromatic N) is 1. The average molecular weight is 420 g/mol. The van der Waals surface area contributed by atoms with Crippen molar-refractivity contribution in [1.29, 1.82) is 0 Å². The first-order valence-electron chi connectivity index (χ1n) is 10.2. The van der Waals surface area contributed by atoms with E-state index >= 15 is 0 Å². The van der Waals surface area contributed by atoms with Gasteiger partial charge in [0.2, 0.25) is 5.91 Å². The van der Waals surface area contributed by atoms with Crippen molar-refractivity contribution in [1.82, 2.24) is 15.2 Å². The van der Waals surface area contributed by atoms with Crippen molar-refractivity contribution in [2.45, 2.75) is 25.3 Å². The minimum Gasteiger partial charge on any atom is -0.497 e. The molecule has 1 fully saturated rings. The summed E-state index contributed by atoms with van der Waals surface area (Å²) in [4.78, 5) is 41.5. The third-order valence-electron chi connectivity index (χ3n) is 5.39. The van der Waals surface area contributed by atoms with Crippen LogP contribution in [0.25, 0.3) is 10.9 Å². The molecule has 8 nitrogen and oxygen atoms in total. The van der Waals surface area contributed by atoms with Crippen molar-refractivity contribution in [2.75, 3.05) is 19.0 Å². The van der Waals surface area contributed by atoms with Crippen LogP contribution in [0.2, 0.25) is 0 Å². The lowest BCUT2D eigenvalue weighted by atomic mass is 10.1. The van der Waals surface area contributed by atoms with E-state index in [0.717, 1.165) is 22.2 Å². The Hall–Kier alpha value is -3.81. The first-order valence-corrected chi connectivity index (χ1v) is 10.2. The van der Waals surface area contributed by atoms with E-state index in [-0.39, 0.29) is 31.2 Å². The number of anilines is 1. The molecule has 1 saturated heterocycles. The highest BCUT2D eigenvalue weighted by Crippen LogP contribution is 2.19. The molecule has 1 aliphatic rings. The van der Waals surface area contributed by atoms with E-state index in [1.807, 2.05) is 54.7 Å². The third-order valence-corrected chi connectivity index (χ3v) is 5.39. The molecule has 0 saturated carbocycles. The number of aromatic nitrogens is 1. The number of benzene rings is 2. The molecule has 2 aromatic carbocycles. The van der Waals surface area contributed by atoms with Crippen molar-refractivity contribution in [3.05, 3.63) is 60.3 Å². The number of fused-ring (bicyclic) bond motifs is 1. The zero-order valence-electron chi connectivity index (χ0n) is 17.2. The van der Waals surface area contributed by atoms with Gasteiger partial charge >= 0.3 is 6.03 Å². The normalized spacial score (nSPS) is 15.9. The van der Waals surface area contributed by atoms with Gasteiger partial charge in [-0.05, 0) is 54.8 Å². The Bertz CT molecular complexity index is 1110. The summed E-state index contributed by atoms with van der Waals surface area (Å²) in [7, 11) is 1.60. The standard InChI is InChI=1S/C23H24N4O4/c1-31-18-5-2-15(3-6-18)11-13-27-22(29)20(26-23(27)30)8-9-21(28)25-17-4-7-19-16(14-17)10-12-24-19/h2-7,10,12,14,20,24H,8-9,11,13H2,1H3,(H,25,28)(H,26,30). The number of rotatable bonds is 8. The van der Waals surface area contributed by atoms with Gasteiger partial charge in [-0.2, -0.15) is 0 Å². The van der Waals surface area contributed by atoms with Crippen LogP contribution in [-0.2, 0) is 16.0 Å². The summed E-state index contributed by atoms with van der Waals surface area (Å²) in [5, 5.41) is 6.53. The number of ether oxygens (including phenoxy) is 1. The summed E-state index contributed by atoms with van der Waals surface area (Å²) in [6, 6.07) is 13.9. The van der Waals surface area contributed by atoms with Gasteiger partial charge in [-0.15, -0.1) is 0 Å². The molecule has 2 heterocycles. The molecule has 0 aliphatic carbocycles. The Labute approximate surface area is 179 Å². The fraction of sp³-hybridized carbons (Fsp3) is 0.261. The Balaban J connectivity index is 1.27. The van der Waals surface area contributed by atoms with Crippen LogP contribution in [0.1, 0.15) is 18.4 Å². The minimum absolute atomic E-state index is 0.133. The Morgan fingerprint density at radius 2 is 1.94 bits per heavy atom. The van der Waals surface area contributed by atoms with Crippen LogP contribution in [0, 0.1) is 0 Å². The topological polar surface area (TPSA) is 104 Å². The highest BCUT2D eigenvalue weighted by molar-refractivity contribution is 6.04. The zero-order valence-corrected chi connectivity index (χ0v) is 17.2. The van der Waals surface area contributed by atoms with Gasteiger partial charge in [0.25, 0.3) is 5.91 Å². The number of H-pyrrole nitrogens is 1. The van der Waals surface area contributed by atoms with Gasteiger partial charge in [0.05, 0.1) is 7.11 Å².